The van der Waals surface area contributed by atoms with Crippen molar-refractivity contribution >= 4 is 23.6 Å². The minimum atomic E-state index is -0.694. The van der Waals surface area contributed by atoms with Crippen molar-refractivity contribution in [1.29, 1.82) is 0 Å². The van der Waals surface area contributed by atoms with Crippen LogP contribution in [0.25, 0.3) is 0 Å². The summed E-state index contributed by atoms with van der Waals surface area (Å²) in [6, 6.07) is 23.0. The van der Waals surface area contributed by atoms with Crippen LogP contribution in [0.2, 0.25) is 0 Å². The number of nitrogens with one attached hydrogen (secondary N) is 1. The van der Waals surface area contributed by atoms with E-state index < -0.39 is 6.04 Å². The first-order valence-corrected chi connectivity index (χ1v) is 12.4. The summed E-state index contributed by atoms with van der Waals surface area (Å²) < 4.78 is 13.5. The number of hydrogen-bond acceptors (Lipinski definition) is 3. The smallest absolute Gasteiger partial charge is 0.243 e. The number of aryl methyl sites for hydroxylation is 1. The van der Waals surface area contributed by atoms with Gasteiger partial charge in [0, 0.05) is 23.9 Å². The molecule has 0 heterocycles. The van der Waals surface area contributed by atoms with Crippen LogP contribution in [-0.2, 0) is 22.6 Å². The molecule has 6 heteroatoms. The first kappa shape index (κ1) is 25.5. The van der Waals surface area contributed by atoms with Gasteiger partial charge < -0.3 is 10.2 Å². The molecule has 1 N–H and O–H groups in total. The maximum atomic E-state index is 13.5. The van der Waals surface area contributed by atoms with Crippen LogP contribution in [0.15, 0.2) is 83.8 Å². The van der Waals surface area contributed by atoms with Gasteiger partial charge in [-0.25, -0.2) is 4.39 Å². The molecule has 0 bridgehead atoms. The Kier molecular flexibility index (Phi) is 9.28. The van der Waals surface area contributed by atoms with Gasteiger partial charge in [0.2, 0.25) is 11.8 Å². The van der Waals surface area contributed by atoms with E-state index in [1.165, 1.54) is 23.9 Å². The van der Waals surface area contributed by atoms with Crippen molar-refractivity contribution in [3.05, 3.63) is 101 Å². The lowest BCUT2D eigenvalue weighted by atomic mass is 10.0. The Bertz CT molecular complexity index is 1070. The van der Waals surface area contributed by atoms with Crippen LogP contribution in [0.1, 0.15) is 30.5 Å². The lowest BCUT2D eigenvalue weighted by Gasteiger charge is -2.32. The topological polar surface area (TPSA) is 49.4 Å². The molecule has 34 heavy (non-hydrogen) atoms. The summed E-state index contributed by atoms with van der Waals surface area (Å²) in [5.74, 6) is -0.482. The third-order valence-electron chi connectivity index (χ3n) is 5.35. The predicted octanol–water partition coefficient (Wildman–Crippen LogP) is 5.39. The molecule has 3 aromatic carbocycles. The van der Waals surface area contributed by atoms with Crippen LogP contribution >= 0.6 is 11.8 Å². The third-order valence-corrected chi connectivity index (χ3v) is 6.35. The van der Waals surface area contributed by atoms with Gasteiger partial charge >= 0.3 is 0 Å². The summed E-state index contributed by atoms with van der Waals surface area (Å²) in [5.41, 5.74) is 2.89. The Morgan fingerprint density at radius 1 is 0.912 bits per heavy atom. The van der Waals surface area contributed by atoms with Gasteiger partial charge in [-0.15, -0.1) is 11.8 Å². The Balaban J connectivity index is 1.89. The summed E-state index contributed by atoms with van der Waals surface area (Å²) in [6.07, 6.45) is 0.390. The van der Waals surface area contributed by atoms with Gasteiger partial charge in [0.25, 0.3) is 0 Å². The highest BCUT2D eigenvalue weighted by Crippen LogP contribution is 2.22. The lowest BCUT2D eigenvalue weighted by molar-refractivity contribution is -0.139. The summed E-state index contributed by atoms with van der Waals surface area (Å²) in [5, 5.41) is 2.97. The molecule has 0 saturated carbocycles. The number of halogens is 1. The van der Waals surface area contributed by atoms with Crippen LogP contribution in [0, 0.1) is 12.7 Å². The zero-order valence-corrected chi connectivity index (χ0v) is 20.6. The Labute approximate surface area is 205 Å². The van der Waals surface area contributed by atoms with Crippen LogP contribution in [0.3, 0.4) is 0 Å². The molecule has 2 amide bonds. The molecule has 0 spiro atoms. The minimum absolute atomic E-state index is 0.0597. The fourth-order valence-corrected chi connectivity index (χ4v) is 4.37. The number of carbonyl (C=O) groups excluding carboxylic acids is 2. The van der Waals surface area contributed by atoms with Gasteiger partial charge in [0.1, 0.15) is 11.9 Å². The van der Waals surface area contributed by atoms with Gasteiger partial charge in [-0.05, 0) is 56.2 Å². The zero-order valence-electron chi connectivity index (χ0n) is 19.8. The third kappa shape index (κ3) is 7.73. The number of hydrogen-bond donors (Lipinski definition) is 1. The van der Waals surface area contributed by atoms with Crippen molar-refractivity contribution in [2.45, 2.75) is 50.7 Å². The molecule has 0 unspecified atom stereocenters. The van der Waals surface area contributed by atoms with Crippen molar-refractivity contribution in [2.24, 2.45) is 0 Å². The molecule has 4 nitrogen and oxygen atoms in total. The van der Waals surface area contributed by atoms with E-state index >= 15 is 0 Å². The number of thioether (sulfide) groups is 1. The molecule has 0 aliphatic rings. The summed E-state index contributed by atoms with van der Waals surface area (Å²) >= 11 is 1.44. The molecular weight excluding hydrogens is 447 g/mol. The lowest BCUT2D eigenvalue weighted by Crippen LogP contribution is -2.52. The maximum Gasteiger partial charge on any atom is 0.243 e. The van der Waals surface area contributed by atoms with Crippen LogP contribution < -0.4 is 5.32 Å². The zero-order chi connectivity index (χ0) is 24.5. The standard InChI is InChI=1S/C28H31FN2O2S/c1-20(2)30-28(33)26(17-22-7-5-4-6-8-22)31(18-23-11-13-24(29)14-12-23)27(32)19-34-25-15-9-21(3)10-16-25/h4-16,20,26H,17-19H2,1-3H3,(H,30,33)/t26-/m0/s1. The largest absolute Gasteiger partial charge is 0.352 e. The van der Waals surface area contributed by atoms with E-state index in [4.69, 9.17) is 0 Å². The first-order chi connectivity index (χ1) is 16.3. The van der Waals surface area contributed by atoms with E-state index in [2.05, 4.69) is 5.32 Å². The number of carbonyl (C=O) groups is 2. The molecule has 0 aliphatic heterocycles. The second-order valence-corrected chi connectivity index (χ2v) is 9.67. The van der Waals surface area contributed by atoms with Gasteiger partial charge in [0.15, 0.2) is 0 Å². The van der Waals surface area contributed by atoms with Crippen molar-refractivity contribution in [2.75, 3.05) is 5.75 Å². The SMILES string of the molecule is Cc1ccc(SCC(=O)N(Cc2ccc(F)cc2)[C@@H](Cc2ccccc2)C(=O)NC(C)C)cc1. The summed E-state index contributed by atoms with van der Waals surface area (Å²) in [6.45, 7) is 6.04. The summed E-state index contributed by atoms with van der Waals surface area (Å²) in [4.78, 5) is 29.4. The number of rotatable bonds is 10. The fourth-order valence-electron chi connectivity index (χ4n) is 3.58. The van der Waals surface area contributed by atoms with Crippen molar-refractivity contribution < 1.29 is 14.0 Å². The molecule has 178 valence electrons. The molecular formula is C28H31FN2O2S. The highest BCUT2D eigenvalue weighted by atomic mass is 32.2. The van der Waals surface area contributed by atoms with Gasteiger partial charge in [-0.2, -0.15) is 0 Å². The van der Waals surface area contributed by atoms with E-state index in [-0.39, 0.29) is 36.0 Å². The minimum Gasteiger partial charge on any atom is -0.352 e. The molecule has 3 aromatic rings. The van der Waals surface area contributed by atoms with Crippen molar-refractivity contribution in [3.63, 3.8) is 0 Å². The molecule has 0 saturated heterocycles. The second kappa shape index (κ2) is 12.4. The Morgan fingerprint density at radius 2 is 1.56 bits per heavy atom. The van der Waals surface area contributed by atoms with E-state index in [0.717, 1.165) is 21.6 Å². The summed E-state index contributed by atoms with van der Waals surface area (Å²) in [7, 11) is 0. The molecule has 1 atom stereocenters. The van der Waals surface area contributed by atoms with Gasteiger partial charge in [0.05, 0.1) is 5.75 Å². The highest BCUT2D eigenvalue weighted by molar-refractivity contribution is 8.00. The fraction of sp³-hybridized carbons (Fsp3) is 0.286. The molecule has 0 fully saturated rings. The van der Waals surface area contributed by atoms with Crippen molar-refractivity contribution in [1.82, 2.24) is 10.2 Å². The van der Waals surface area contributed by atoms with Gasteiger partial charge in [-0.3, -0.25) is 9.59 Å². The molecule has 0 radical (unpaired) electrons. The number of amides is 2. The highest BCUT2D eigenvalue weighted by Gasteiger charge is 2.30. The van der Waals surface area contributed by atoms with E-state index in [0.29, 0.717) is 6.42 Å². The van der Waals surface area contributed by atoms with E-state index in [9.17, 15) is 14.0 Å². The monoisotopic (exact) mass is 478 g/mol. The molecule has 0 aliphatic carbocycles. The number of benzene rings is 3. The van der Waals surface area contributed by atoms with Crippen LogP contribution in [0.5, 0.6) is 0 Å². The molecule has 0 aromatic heterocycles. The normalized spacial score (nSPS) is 11.8. The Morgan fingerprint density at radius 3 is 2.18 bits per heavy atom. The number of nitrogens with zero attached hydrogens (tertiary/aromatic N) is 1. The van der Waals surface area contributed by atoms with Crippen LogP contribution in [0.4, 0.5) is 4.39 Å². The second-order valence-electron chi connectivity index (χ2n) is 8.62. The molecule has 3 rings (SSSR count). The Hall–Kier alpha value is -3.12. The first-order valence-electron chi connectivity index (χ1n) is 11.4. The predicted molar refractivity (Wildman–Crippen MR) is 136 cm³/mol. The average Bonchev–Trinajstić information content (AvgIpc) is 2.82. The van der Waals surface area contributed by atoms with E-state index in [1.54, 1.807) is 17.0 Å². The maximum absolute atomic E-state index is 13.5. The van der Waals surface area contributed by atoms with Crippen LogP contribution in [-0.4, -0.2) is 34.6 Å². The van der Waals surface area contributed by atoms with E-state index in [1.807, 2.05) is 75.4 Å². The quantitative estimate of drug-likeness (QED) is 0.398. The van der Waals surface area contributed by atoms with Gasteiger partial charge in [-0.1, -0.05) is 60.2 Å². The van der Waals surface area contributed by atoms with Crippen molar-refractivity contribution in [3.8, 4) is 0 Å². The average molecular weight is 479 g/mol.